The Labute approximate surface area is 241 Å². The van der Waals surface area contributed by atoms with E-state index < -0.39 is 0 Å². The molecule has 0 saturated carbocycles. The van der Waals surface area contributed by atoms with Crippen LogP contribution in [0.3, 0.4) is 0 Å². The highest BCUT2D eigenvalue weighted by Crippen LogP contribution is 2.33. The molecule has 0 saturated heterocycles. The molecule has 4 nitrogen and oxygen atoms in total. The van der Waals surface area contributed by atoms with Gasteiger partial charge in [0.1, 0.15) is 0 Å². The molecule has 0 heterocycles. The van der Waals surface area contributed by atoms with Crippen LogP contribution in [0.2, 0.25) is 0 Å². The Balaban J connectivity index is 1.78. The van der Waals surface area contributed by atoms with E-state index in [9.17, 15) is 0 Å². The molecule has 0 radical (unpaired) electrons. The van der Waals surface area contributed by atoms with Crippen LogP contribution in [0, 0.1) is 0 Å². The summed E-state index contributed by atoms with van der Waals surface area (Å²) in [7, 11) is 0. The maximum Gasteiger partial charge on any atom is 0.0917 e. The average molecular weight is 535 g/mol. The van der Waals surface area contributed by atoms with E-state index >= 15 is 0 Å². The summed E-state index contributed by atoms with van der Waals surface area (Å²) in [6.45, 7) is 12.3. The summed E-state index contributed by atoms with van der Waals surface area (Å²) in [5.74, 6) is 0. The summed E-state index contributed by atoms with van der Waals surface area (Å²) in [5.41, 5.74) is 6.97. The second kappa shape index (κ2) is 14.4. The predicted octanol–water partition coefficient (Wildman–Crippen LogP) is 6.65. The molecular formula is C36H46N4. The van der Waals surface area contributed by atoms with Crippen LogP contribution >= 0.6 is 0 Å². The van der Waals surface area contributed by atoms with Gasteiger partial charge < -0.3 is 0 Å². The Kier molecular flexibility index (Phi) is 10.7. The van der Waals surface area contributed by atoms with E-state index in [0.717, 1.165) is 39.0 Å². The van der Waals surface area contributed by atoms with E-state index in [0.29, 0.717) is 0 Å². The van der Waals surface area contributed by atoms with Crippen LogP contribution in [0.4, 0.5) is 0 Å². The van der Waals surface area contributed by atoms with Crippen molar-refractivity contribution < 1.29 is 0 Å². The zero-order valence-corrected chi connectivity index (χ0v) is 24.6. The summed E-state index contributed by atoms with van der Waals surface area (Å²) < 4.78 is 0. The smallest absolute Gasteiger partial charge is 0.0917 e. The number of allylic oxidation sites excluding steroid dienone is 7. The lowest BCUT2D eigenvalue weighted by Gasteiger charge is -2.36. The lowest BCUT2D eigenvalue weighted by molar-refractivity contribution is 0.336. The van der Waals surface area contributed by atoms with Crippen molar-refractivity contribution >= 4 is 5.57 Å². The molecule has 0 atom stereocenters. The van der Waals surface area contributed by atoms with Crippen molar-refractivity contribution in [2.45, 2.75) is 51.9 Å². The SMILES string of the molecule is CCNC1(NCC)C=CC(C(=CC=C(c2ccccc2)c2ccccc2)C2=CCC(NCC)(NCC)C=C2)=CC1. The Morgan fingerprint density at radius 1 is 0.575 bits per heavy atom. The van der Waals surface area contributed by atoms with Gasteiger partial charge in [0.05, 0.1) is 11.3 Å². The van der Waals surface area contributed by atoms with Crippen LogP contribution in [0.5, 0.6) is 0 Å². The van der Waals surface area contributed by atoms with Crippen molar-refractivity contribution in [3.05, 3.63) is 137 Å². The van der Waals surface area contributed by atoms with Gasteiger partial charge in [0.25, 0.3) is 0 Å². The molecule has 4 rings (SSSR count). The summed E-state index contributed by atoms with van der Waals surface area (Å²) in [5, 5.41) is 14.6. The van der Waals surface area contributed by atoms with Gasteiger partial charge in [-0.15, -0.1) is 0 Å². The van der Waals surface area contributed by atoms with Gasteiger partial charge in [-0.2, -0.15) is 0 Å². The lowest BCUT2D eigenvalue weighted by Crippen LogP contribution is -2.55. The first-order valence-electron chi connectivity index (χ1n) is 14.9. The molecule has 0 aromatic heterocycles. The molecule has 0 spiro atoms. The van der Waals surface area contributed by atoms with Crippen LogP contribution in [0.15, 0.2) is 126 Å². The Bertz CT molecular complexity index is 1170. The zero-order chi connectivity index (χ0) is 28.3. The molecular weight excluding hydrogens is 488 g/mol. The molecule has 2 aliphatic rings. The highest BCUT2D eigenvalue weighted by Gasteiger charge is 2.29. The van der Waals surface area contributed by atoms with Gasteiger partial charge in [0.15, 0.2) is 0 Å². The van der Waals surface area contributed by atoms with Gasteiger partial charge in [-0.3, -0.25) is 21.3 Å². The maximum atomic E-state index is 3.65. The van der Waals surface area contributed by atoms with Crippen molar-refractivity contribution in [2.24, 2.45) is 0 Å². The third-order valence-electron chi connectivity index (χ3n) is 7.56. The van der Waals surface area contributed by atoms with Gasteiger partial charge in [-0.05, 0) is 71.8 Å². The highest BCUT2D eigenvalue weighted by atomic mass is 15.2. The number of rotatable bonds is 13. The topological polar surface area (TPSA) is 48.1 Å². The third kappa shape index (κ3) is 7.26. The number of hydrogen-bond acceptors (Lipinski definition) is 4. The monoisotopic (exact) mass is 534 g/mol. The minimum absolute atomic E-state index is 0.199. The maximum absolute atomic E-state index is 3.65. The van der Waals surface area contributed by atoms with Crippen molar-refractivity contribution in [1.29, 1.82) is 0 Å². The summed E-state index contributed by atoms with van der Waals surface area (Å²) in [6, 6.07) is 21.3. The molecule has 2 aromatic carbocycles. The van der Waals surface area contributed by atoms with Crippen molar-refractivity contribution in [3.8, 4) is 0 Å². The second-order valence-corrected chi connectivity index (χ2v) is 10.4. The van der Waals surface area contributed by atoms with E-state index in [1.54, 1.807) is 0 Å². The van der Waals surface area contributed by atoms with Crippen molar-refractivity contribution in [2.75, 3.05) is 26.2 Å². The van der Waals surface area contributed by atoms with Gasteiger partial charge in [0, 0.05) is 12.8 Å². The summed E-state index contributed by atoms with van der Waals surface area (Å²) in [6.07, 6.45) is 20.3. The van der Waals surface area contributed by atoms with E-state index in [1.165, 1.54) is 33.4 Å². The Hall–Kier alpha value is -3.28. The second-order valence-electron chi connectivity index (χ2n) is 10.4. The van der Waals surface area contributed by atoms with Gasteiger partial charge in [0.2, 0.25) is 0 Å². The van der Waals surface area contributed by atoms with E-state index in [-0.39, 0.29) is 11.3 Å². The lowest BCUT2D eigenvalue weighted by atomic mass is 9.85. The third-order valence-corrected chi connectivity index (χ3v) is 7.56. The molecule has 0 bridgehead atoms. The van der Waals surface area contributed by atoms with Crippen LogP contribution < -0.4 is 21.3 Å². The fraction of sp³-hybridized carbons (Fsp3) is 0.333. The molecule has 2 aliphatic carbocycles. The number of likely N-dealkylation sites (N-methyl/N-ethyl adjacent to an activating group) is 4. The Morgan fingerprint density at radius 3 is 1.27 bits per heavy atom. The molecule has 0 unspecified atom stereocenters. The van der Waals surface area contributed by atoms with Gasteiger partial charge in [-0.1, -0.05) is 125 Å². The Morgan fingerprint density at radius 2 is 0.950 bits per heavy atom. The zero-order valence-electron chi connectivity index (χ0n) is 24.6. The quantitative estimate of drug-likeness (QED) is 0.172. The standard InChI is InChI=1S/C36H46N4/c1-5-37-35(38-6-2)25-21-31(22-26-35)34(32-23-27-36(28-24-32,39-7-3)40-8-4)20-19-33(29-15-11-9-12-16-29)30-17-13-10-14-18-30/h9-25,27,37-40H,5-8,26,28H2,1-4H3. The number of benzene rings is 2. The minimum Gasteiger partial charge on any atom is -0.296 e. The first-order valence-corrected chi connectivity index (χ1v) is 14.9. The van der Waals surface area contributed by atoms with Crippen molar-refractivity contribution in [3.63, 3.8) is 0 Å². The number of nitrogens with one attached hydrogen (secondary N) is 4. The summed E-state index contributed by atoms with van der Waals surface area (Å²) >= 11 is 0. The largest absolute Gasteiger partial charge is 0.296 e. The molecule has 0 fully saturated rings. The molecule has 0 amide bonds. The average Bonchev–Trinajstić information content (AvgIpc) is 2.98. The summed E-state index contributed by atoms with van der Waals surface area (Å²) in [4.78, 5) is 0. The van der Waals surface area contributed by atoms with Crippen molar-refractivity contribution in [1.82, 2.24) is 21.3 Å². The number of hydrogen-bond donors (Lipinski definition) is 4. The van der Waals surface area contributed by atoms with Crippen LogP contribution in [0.25, 0.3) is 5.57 Å². The highest BCUT2D eigenvalue weighted by molar-refractivity contribution is 5.81. The molecule has 4 N–H and O–H groups in total. The fourth-order valence-electron chi connectivity index (χ4n) is 5.71. The molecule has 2 aromatic rings. The molecule has 40 heavy (non-hydrogen) atoms. The minimum atomic E-state index is -0.199. The van der Waals surface area contributed by atoms with Gasteiger partial charge >= 0.3 is 0 Å². The van der Waals surface area contributed by atoms with E-state index in [1.807, 2.05) is 0 Å². The predicted molar refractivity (Wildman–Crippen MR) is 172 cm³/mol. The molecule has 4 heteroatoms. The molecule has 210 valence electrons. The van der Waals surface area contributed by atoms with E-state index in [4.69, 9.17) is 0 Å². The normalized spacial score (nSPS) is 17.1. The molecule has 0 aliphatic heterocycles. The fourth-order valence-corrected chi connectivity index (χ4v) is 5.71. The van der Waals surface area contributed by atoms with Crippen LogP contribution in [-0.4, -0.2) is 37.5 Å². The first-order chi connectivity index (χ1) is 19.6. The first kappa shape index (κ1) is 29.7. The van der Waals surface area contributed by atoms with Crippen LogP contribution in [-0.2, 0) is 0 Å². The van der Waals surface area contributed by atoms with Crippen LogP contribution in [0.1, 0.15) is 51.7 Å². The van der Waals surface area contributed by atoms with E-state index in [2.05, 4.69) is 158 Å². The van der Waals surface area contributed by atoms with Gasteiger partial charge in [-0.25, -0.2) is 0 Å².